The number of pyridine rings is 1. The first kappa shape index (κ1) is 23.4. The third-order valence-electron chi connectivity index (χ3n) is 6.06. The molecule has 2 heterocycles. The molecule has 1 N–H and O–H groups in total. The van der Waals surface area contributed by atoms with Gasteiger partial charge in [-0.3, -0.25) is 9.78 Å². The Kier molecular flexibility index (Phi) is 6.74. The molecule has 8 heteroatoms. The van der Waals surface area contributed by atoms with Gasteiger partial charge in [-0.05, 0) is 65.4 Å². The molecule has 1 amide bonds. The zero-order valence-electron chi connectivity index (χ0n) is 18.7. The van der Waals surface area contributed by atoms with Crippen LogP contribution in [0, 0.1) is 0 Å². The van der Waals surface area contributed by atoms with Crippen LogP contribution in [0.5, 0.6) is 0 Å². The summed E-state index contributed by atoms with van der Waals surface area (Å²) in [5, 5.41) is 12.0. The fraction of sp³-hybridized carbons (Fsp3) is 0.148. The summed E-state index contributed by atoms with van der Waals surface area (Å²) in [6.45, 7) is 2.41. The predicted octanol–water partition coefficient (Wildman–Crippen LogP) is 5.81. The molecule has 5 rings (SSSR count). The lowest BCUT2D eigenvalue weighted by molar-refractivity contribution is 0.0672. The van der Waals surface area contributed by atoms with Gasteiger partial charge in [0.1, 0.15) is 0 Å². The van der Waals surface area contributed by atoms with Crippen molar-refractivity contribution in [3.8, 4) is 0 Å². The van der Waals surface area contributed by atoms with Crippen LogP contribution >= 0.6 is 27.7 Å². The molecule has 3 aromatic carbocycles. The van der Waals surface area contributed by atoms with Crippen LogP contribution < -0.4 is 4.90 Å². The Bertz CT molecular complexity index is 1410. The summed E-state index contributed by atoms with van der Waals surface area (Å²) in [6.07, 6.45) is 3.51. The van der Waals surface area contributed by atoms with Gasteiger partial charge in [0.25, 0.3) is 5.91 Å². The molecule has 0 saturated carbocycles. The summed E-state index contributed by atoms with van der Waals surface area (Å²) in [6, 6.07) is 21.2. The summed E-state index contributed by atoms with van der Waals surface area (Å²) in [5.41, 5.74) is 1.32. The van der Waals surface area contributed by atoms with Gasteiger partial charge in [0, 0.05) is 58.5 Å². The lowest BCUT2D eigenvalue weighted by atomic mass is 10.1. The van der Waals surface area contributed by atoms with Gasteiger partial charge in [-0.25, -0.2) is 4.79 Å². The summed E-state index contributed by atoms with van der Waals surface area (Å²) in [7, 11) is 0. The van der Waals surface area contributed by atoms with E-state index in [0.29, 0.717) is 26.2 Å². The van der Waals surface area contributed by atoms with E-state index in [4.69, 9.17) is 0 Å². The Balaban J connectivity index is 1.36. The van der Waals surface area contributed by atoms with E-state index >= 15 is 0 Å². The topological polar surface area (TPSA) is 73.7 Å². The molecule has 1 aromatic heterocycles. The fourth-order valence-corrected chi connectivity index (χ4v) is 5.52. The second-order valence-corrected chi connectivity index (χ2v) is 10.3. The molecule has 1 saturated heterocycles. The van der Waals surface area contributed by atoms with E-state index in [0.717, 1.165) is 30.7 Å². The number of aromatic carboxylic acids is 1. The van der Waals surface area contributed by atoms with Crippen molar-refractivity contribution >= 4 is 56.0 Å². The van der Waals surface area contributed by atoms with E-state index in [2.05, 4.69) is 50.1 Å². The van der Waals surface area contributed by atoms with Crippen molar-refractivity contribution in [3.05, 3.63) is 94.7 Å². The number of nitrogens with zero attached hydrogens (tertiary/aromatic N) is 3. The molecule has 1 aliphatic heterocycles. The predicted molar refractivity (Wildman–Crippen MR) is 142 cm³/mol. The molecule has 0 aliphatic carbocycles. The number of carbonyl (C=O) groups is 2. The zero-order valence-corrected chi connectivity index (χ0v) is 21.1. The first-order valence-corrected chi connectivity index (χ1v) is 12.8. The molecular weight excluding hydrogens is 526 g/mol. The maximum absolute atomic E-state index is 13.4. The highest BCUT2D eigenvalue weighted by Crippen LogP contribution is 2.32. The first-order chi connectivity index (χ1) is 17.0. The Morgan fingerprint density at radius 2 is 1.46 bits per heavy atom. The molecule has 1 aliphatic rings. The van der Waals surface area contributed by atoms with Gasteiger partial charge in [-0.1, -0.05) is 39.8 Å². The number of carboxylic acids is 1. The molecule has 0 unspecified atom stereocenters. The van der Waals surface area contributed by atoms with Gasteiger partial charge in [0.15, 0.2) is 0 Å². The van der Waals surface area contributed by atoms with E-state index < -0.39 is 5.97 Å². The van der Waals surface area contributed by atoms with Crippen LogP contribution in [0.3, 0.4) is 0 Å². The number of anilines is 1. The van der Waals surface area contributed by atoms with Crippen LogP contribution in [0.4, 0.5) is 5.69 Å². The Hall–Kier alpha value is -3.36. The molecule has 0 radical (unpaired) electrons. The Morgan fingerprint density at radius 3 is 2.20 bits per heavy atom. The maximum Gasteiger partial charge on any atom is 0.336 e. The Morgan fingerprint density at radius 1 is 0.800 bits per heavy atom. The summed E-state index contributed by atoms with van der Waals surface area (Å²) in [5.74, 6) is -1.35. The van der Waals surface area contributed by atoms with Crippen molar-refractivity contribution in [3.63, 3.8) is 0 Å². The molecule has 0 atom stereocenters. The van der Waals surface area contributed by atoms with E-state index in [9.17, 15) is 14.7 Å². The number of amides is 1. The van der Waals surface area contributed by atoms with Gasteiger partial charge in [-0.2, -0.15) is 0 Å². The quantitative estimate of drug-likeness (QED) is 0.340. The number of fused-ring (bicyclic) bond motifs is 1. The average molecular weight is 548 g/mol. The van der Waals surface area contributed by atoms with Crippen molar-refractivity contribution in [1.29, 1.82) is 0 Å². The van der Waals surface area contributed by atoms with E-state index in [1.165, 1.54) is 17.8 Å². The number of benzene rings is 3. The number of halogens is 1. The average Bonchev–Trinajstić information content (AvgIpc) is 2.89. The van der Waals surface area contributed by atoms with Crippen molar-refractivity contribution in [2.45, 2.75) is 9.79 Å². The highest BCUT2D eigenvalue weighted by atomic mass is 79.9. The number of hydrogen-bond donors (Lipinski definition) is 1. The zero-order chi connectivity index (χ0) is 24.4. The number of hydrogen-bond acceptors (Lipinski definition) is 5. The van der Waals surface area contributed by atoms with Crippen LogP contribution in [-0.2, 0) is 0 Å². The van der Waals surface area contributed by atoms with Crippen LogP contribution in [0.25, 0.3) is 10.8 Å². The molecule has 1 fully saturated rings. The summed E-state index contributed by atoms with van der Waals surface area (Å²) >= 11 is 5.01. The third kappa shape index (κ3) is 5.18. The highest BCUT2D eigenvalue weighted by Gasteiger charge is 2.26. The number of carboxylic acid groups (broad SMARTS) is 1. The number of piperazine rings is 1. The molecule has 4 aromatic rings. The maximum atomic E-state index is 13.4. The minimum Gasteiger partial charge on any atom is -0.478 e. The molecule has 176 valence electrons. The van der Waals surface area contributed by atoms with E-state index in [1.54, 1.807) is 29.4 Å². The van der Waals surface area contributed by atoms with Crippen LogP contribution in [-0.4, -0.2) is 53.0 Å². The first-order valence-electron chi connectivity index (χ1n) is 11.2. The lowest BCUT2D eigenvalue weighted by Gasteiger charge is -2.36. The van der Waals surface area contributed by atoms with Crippen LogP contribution in [0.15, 0.2) is 93.4 Å². The molecule has 0 spiro atoms. The van der Waals surface area contributed by atoms with Gasteiger partial charge >= 0.3 is 5.97 Å². The molecule has 6 nitrogen and oxygen atoms in total. The molecule has 0 bridgehead atoms. The summed E-state index contributed by atoms with van der Waals surface area (Å²) in [4.78, 5) is 35.1. The van der Waals surface area contributed by atoms with Crippen molar-refractivity contribution in [2.75, 3.05) is 31.1 Å². The minimum atomic E-state index is -1.10. The van der Waals surface area contributed by atoms with Gasteiger partial charge in [0.05, 0.1) is 11.1 Å². The van der Waals surface area contributed by atoms with E-state index in [-0.39, 0.29) is 17.0 Å². The second kappa shape index (κ2) is 10.1. The molecular formula is C27H22BrN3O3S. The fourth-order valence-electron chi connectivity index (χ4n) is 4.24. The van der Waals surface area contributed by atoms with Crippen molar-refractivity contribution < 1.29 is 14.7 Å². The smallest absolute Gasteiger partial charge is 0.336 e. The van der Waals surface area contributed by atoms with E-state index in [1.807, 2.05) is 24.3 Å². The number of rotatable bonds is 5. The lowest BCUT2D eigenvalue weighted by Crippen LogP contribution is -2.49. The third-order valence-corrected chi connectivity index (χ3v) is 7.53. The number of carbonyl (C=O) groups excluding carboxylic acids is 1. The van der Waals surface area contributed by atoms with Gasteiger partial charge in [-0.15, -0.1) is 0 Å². The van der Waals surface area contributed by atoms with Crippen LogP contribution in [0.2, 0.25) is 0 Å². The second-order valence-electron chi connectivity index (χ2n) is 8.25. The van der Waals surface area contributed by atoms with Crippen molar-refractivity contribution in [2.24, 2.45) is 0 Å². The summed E-state index contributed by atoms with van der Waals surface area (Å²) < 4.78 is 1.03. The normalized spacial score (nSPS) is 13.7. The standard InChI is InChI=1S/C27H22BrN3O3S/c28-20-3-1-19-16-22(4-2-18(19)15-20)35-23-5-6-24(27(33)34)25(17-23)26(32)31-13-11-30(12-14-31)21-7-9-29-10-8-21/h1-10,15-17H,11-14H2,(H,33,34). The SMILES string of the molecule is O=C(O)c1ccc(Sc2ccc3cc(Br)ccc3c2)cc1C(=O)N1CCN(c2ccncc2)CC1. The number of aromatic nitrogens is 1. The van der Waals surface area contributed by atoms with Crippen LogP contribution in [0.1, 0.15) is 20.7 Å². The van der Waals surface area contributed by atoms with Gasteiger partial charge < -0.3 is 14.9 Å². The highest BCUT2D eigenvalue weighted by molar-refractivity contribution is 9.10. The van der Waals surface area contributed by atoms with Gasteiger partial charge in [0.2, 0.25) is 0 Å². The minimum absolute atomic E-state index is 0.0271. The Labute approximate surface area is 215 Å². The molecule has 35 heavy (non-hydrogen) atoms. The van der Waals surface area contributed by atoms with Crippen molar-refractivity contribution in [1.82, 2.24) is 9.88 Å². The largest absolute Gasteiger partial charge is 0.478 e. The monoisotopic (exact) mass is 547 g/mol.